The van der Waals surface area contributed by atoms with Crippen LogP contribution in [-0.2, 0) is 6.54 Å². The molecule has 3 rings (SSSR count). The van der Waals surface area contributed by atoms with Gasteiger partial charge in [0, 0.05) is 17.7 Å². The lowest BCUT2D eigenvalue weighted by Gasteiger charge is -2.30. The highest BCUT2D eigenvalue weighted by Gasteiger charge is 2.15. The van der Waals surface area contributed by atoms with Crippen LogP contribution in [-0.4, -0.2) is 23.8 Å². The Labute approximate surface area is 131 Å². The van der Waals surface area contributed by atoms with Crippen LogP contribution in [0.15, 0.2) is 46.9 Å². The third kappa shape index (κ3) is 3.22. The van der Waals surface area contributed by atoms with Crippen LogP contribution in [0.3, 0.4) is 0 Å². The van der Waals surface area contributed by atoms with Crippen molar-refractivity contribution in [3.05, 3.63) is 69.4 Å². The van der Waals surface area contributed by atoms with E-state index in [0.717, 1.165) is 19.6 Å². The molecule has 2 aromatic carbocycles. The van der Waals surface area contributed by atoms with Crippen LogP contribution in [0.5, 0.6) is 0 Å². The van der Waals surface area contributed by atoms with Gasteiger partial charge in [0.25, 0.3) is 0 Å². The summed E-state index contributed by atoms with van der Waals surface area (Å²) in [5.41, 5.74) is 2.16. The van der Waals surface area contributed by atoms with E-state index in [1.807, 2.05) is 24.3 Å². The van der Waals surface area contributed by atoms with Gasteiger partial charge in [0.15, 0.2) is 5.78 Å². The fourth-order valence-corrected chi connectivity index (χ4v) is 2.61. The second kappa shape index (κ2) is 6.08. The van der Waals surface area contributed by atoms with Crippen LogP contribution in [0, 0.1) is 5.82 Å². The number of halogens is 2. The molecule has 2 nitrogen and oxygen atoms in total. The monoisotopic (exact) mass is 347 g/mol. The highest BCUT2D eigenvalue weighted by Crippen LogP contribution is 2.19. The standard InChI is InChI=1S/C17H15BrFNO/c18-15-7-6-14(10-16(15)19)17(21)13-4-2-12(3-5-13)11-20-8-1-9-20/h2-7,10H,1,8-9,11H2. The highest BCUT2D eigenvalue weighted by molar-refractivity contribution is 9.10. The van der Waals surface area contributed by atoms with Crippen molar-refractivity contribution in [1.29, 1.82) is 0 Å². The Morgan fingerprint density at radius 1 is 1.10 bits per heavy atom. The number of likely N-dealkylation sites (tertiary alicyclic amines) is 1. The van der Waals surface area contributed by atoms with E-state index in [4.69, 9.17) is 0 Å². The fourth-order valence-electron chi connectivity index (χ4n) is 2.36. The van der Waals surface area contributed by atoms with Crippen LogP contribution in [0.25, 0.3) is 0 Å². The molecule has 1 aliphatic rings. The quantitative estimate of drug-likeness (QED) is 0.778. The van der Waals surface area contributed by atoms with Gasteiger partial charge in [0.2, 0.25) is 0 Å². The summed E-state index contributed by atoms with van der Waals surface area (Å²) in [5, 5.41) is 0. The molecule has 0 N–H and O–H groups in total. The zero-order valence-corrected chi connectivity index (χ0v) is 13.1. The summed E-state index contributed by atoms with van der Waals surface area (Å²) >= 11 is 3.09. The maximum atomic E-state index is 13.5. The summed E-state index contributed by atoms with van der Waals surface area (Å²) in [6.07, 6.45) is 1.27. The van der Waals surface area contributed by atoms with Gasteiger partial charge in [0.05, 0.1) is 4.47 Å². The van der Waals surface area contributed by atoms with Gasteiger partial charge in [0.1, 0.15) is 5.82 Å². The molecule has 0 radical (unpaired) electrons. The average molecular weight is 348 g/mol. The minimum absolute atomic E-state index is 0.156. The molecule has 0 bridgehead atoms. The van der Waals surface area contributed by atoms with Crippen molar-refractivity contribution in [3.8, 4) is 0 Å². The molecule has 0 unspecified atom stereocenters. The predicted molar refractivity (Wildman–Crippen MR) is 83.9 cm³/mol. The first-order chi connectivity index (χ1) is 10.1. The SMILES string of the molecule is O=C(c1ccc(CN2CCC2)cc1)c1ccc(Br)c(F)c1. The number of nitrogens with zero attached hydrogens (tertiary/aromatic N) is 1. The predicted octanol–water partition coefficient (Wildman–Crippen LogP) is 4.02. The first-order valence-corrected chi connectivity index (χ1v) is 7.74. The molecule has 0 aliphatic carbocycles. The Morgan fingerprint density at radius 2 is 1.76 bits per heavy atom. The zero-order chi connectivity index (χ0) is 14.8. The topological polar surface area (TPSA) is 20.3 Å². The summed E-state index contributed by atoms with van der Waals surface area (Å²) in [5.74, 6) is -0.577. The van der Waals surface area contributed by atoms with E-state index in [2.05, 4.69) is 20.8 Å². The van der Waals surface area contributed by atoms with E-state index in [1.54, 1.807) is 12.1 Å². The fraction of sp³-hybridized carbons (Fsp3) is 0.235. The molecule has 1 heterocycles. The van der Waals surface area contributed by atoms with Crippen molar-refractivity contribution in [2.75, 3.05) is 13.1 Å². The Kier molecular flexibility index (Phi) is 4.17. The minimum Gasteiger partial charge on any atom is -0.299 e. The summed E-state index contributed by atoms with van der Waals surface area (Å²) in [6, 6.07) is 12.0. The Hall–Kier alpha value is -1.52. The molecular formula is C17H15BrFNO. The third-order valence-electron chi connectivity index (χ3n) is 3.75. The molecule has 2 aromatic rings. The van der Waals surface area contributed by atoms with Crippen molar-refractivity contribution >= 4 is 21.7 Å². The smallest absolute Gasteiger partial charge is 0.193 e. The van der Waals surface area contributed by atoms with Crippen LogP contribution in [0.2, 0.25) is 0 Å². The molecule has 0 spiro atoms. The number of ketones is 1. The molecule has 21 heavy (non-hydrogen) atoms. The molecule has 4 heteroatoms. The number of carbonyl (C=O) groups is 1. The molecule has 0 aromatic heterocycles. The molecule has 0 atom stereocenters. The van der Waals surface area contributed by atoms with Crippen LogP contribution in [0.4, 0.5) is 4.39 Å². The number of rotatable bonds is 4. The van der Waals surface area contributed by atoms with Gasteiger partial charge in [-0.2, -0.15) is 0 Å². The van der Waals surface area contributed by atoms with Crippen molar-refractivity contribution < 1.29 is 9.18 Å². The molecular weight excluding hydrogens is 333 g/mol. The van der Waals surface area contributed by atoms with Gasteiger partial charge < -0.3 is 0 Å². The maximum Gasteiger partial charge on any atom is 0.193 e. The highest BCUT2D eigenvalue weighted by atomic mass is 79.9. The van der Waals surface area contributed by atoms with Gasteiger partial charge in [-0.1, -0.05) is 24.3 Å². The van der Waals surface area contributed by atoms with Crippen LogP contribution in [0.1, 0.15) is 27.9 Å². The lowest BCUT2D eigenvalue weighted by atomic mass is 10.0. The van der Waals surface area contributed by atoms with Crippen molar-refractivity contribution in [2.24, 2.45) is 0 Å². The van der Waals surface area contributed by atoms with Gasteiger partial charge in [-0.05, 0) is 59.2 Å². The van der Waals surface area contributed by atoms with Gasteiger partial charge in [-0.25, -0.2) is 4.39 Å². The second-order valence-electron chi connectivity index (χ2n) is 5.28. The number of carbonyl (C=O) groups excluding carboxylic acids is 1. The maximum absolute atomic E-state index is 13.5. The first kappa shape index (κ1) is 14.4. The summed E-state index contributed by atoms with van der Waals surface area (Å²) in [7, 11) is 0. The van der Waals surface area contributed by atoms with Crippen molar-refractivity contribution in [1.82, 2.24) is 4.90 Å². The van der Waals surface area contributed by atoms with Crippen LogP contribution >= 0.6 is 15.9 Å². The van der Waals surface area contributed by atoms with E-state index in [-0.39, 0.29) is 5.78 Å². The summed E-state index contributed by atoms with van der Waals surface area (Å²) in [4.78, 5) is 14.7. The average Bonchev–Trinajstić information content (AvgIpc) is 2.46. The lowest BCUT2D eigenvalue weighted by molar-refractivity contribution is 0.103. The molecule has 0 amide bonds. The first-order valence-electron chi connectivity index (χ1n) is 6.94. The third-order valence-corrected chi connectivity index (χ3v) is 4.40. The van der Waals surface area contributed by atoms with Gasteiger partial charge in [-0.15, -0.1) is 0 Å². The number of benzene rings is 2. The van der Waals surface area contributed by atoms with E-state index in [1.165, 1.54) is 18.1 Å². The zero-order valence-electron chi connectivity index (χ0n) is 11.5. The molecule has 1 saturated heterocycles. The Morgan fingerprint density at radius 3 is 2.33 bits per heavy atom. The van der Waals surface area contributed by atoms with Crippen molar-refractivity contribution in [3.63, 3.8) is 0 Å². The molecule has 1 fully saturated rings. The molecule has 108 valence electrons. The van der Waals surface area contributed by atoms with E-state index < -0.39 is 5.82 Å². The van der Waals surface area contributed by atoms with E-state index >= 15 is 0 Å². The summed E-state index contributed by atoms with van der Waals surface area (Å²) in [6.45, 7) is 3.24. The minimum atomic E-state index is -0.421. The van der Waals surface area contributed by atoms with Crippen LogP contribution < -0.4 is 0 Å². The Balaban J connectivity index is 1.75. The second-order valence-corrected chi connectivity index (χ2v) is 6.14. The van der Waals surface area contributed by atoms with Gasteiger partial charge in [-0.3, -0.25) is 9.69 Å². The normalized spacial score (nSPS) is 14.8. The lowest BCUT2D eigenvalue weighted by Crippen LogP contribution is -2.36. The number of hydrogen-bond acceptors (Lipinski definition) is 2. The van der Waals surface area contributed by atoms with Crippen molar-refractivity contribution in [2.45, 2.75) is 13.0 Å². The number of hydrogen-bond donors (Lipinski definition) is 0. The Bertz CT molecular complexity index is 665. The van der Waals surface area contributed by atoms with E-state index in [9.17, 15) is 9.18 Å². The molecule has 0 saturated carbocycles. The van der Waals surface area contributed by atoms with Gasteiger partial charge >= 0.3 is 0 Å². The summed E-state index contributed by atoms with van der Waals surface area (Å²) < 4.78 is 13.9. The largest absolute Gasteiger partial charge is 0.299 e. The van der Waals surface area contributed by atoms with E-state index in [0.29, 0.717) is 15.6 Å². The molecule has 1 aliphatic heterocycles.